The van der Waals surface area contributed by atoms with Crippen LogP contribution in [0.3, 0.4) is 0 Å². The molecule has 9 rings (SSSR count). The lowest BCUT2D eigenvalue weighted by Crippen LogP contribution is -1.94. The lowest BCUT2D eigenvalue weighted by atomic mass is 10.0. The predicted molar refractivity (Wildman–Crippen MR) is 162 cm³/mol. The second-order valence-electron chi connectivity index (χ2n) is 10.2. The van der Waals surface area contributed by atoms with Gasteiger partial charge in [0.1, 0.15) is 11.2 Å². The van der Waals surface area contributed by atoms with Gasteiger partial charge in [0.2, 0.25) is 0 Å². The number of hydrogen-bond acceptors (Lipinski definition) is 1. The highest BCUT2D eigenvalue weighted by molar-refractivity contribution is 6.26. The molecule has 0 aliphatic carbocycles. The normalized spacial score (nSPS) is 12.1. The maximum Gasteiger partial charge on any atom is 0.145 e. The average Bonchev–Trinajstić information content (AvgIpc) is 3.69. The lowest BCUT2D eigenvalue weighted by Gasteiger charge is -2.10. The predicted octanol–water partition coefficient (Wildman–Crippen LogP) is 9.78. The molecule has 0 unspecified atom stereocenters. The summed E-state index contributed by atoms with van der Waals surface area (Å²) < 4.78 is 11.3. The van der Waals surface area contributed by atoms with Gasteiger partial charge in [-0.25, -0.2) is 0 Å². The molecular weight excluding hydrogens is 476 g/mol. The molecule has 0 aliphatic rings. The molecule has 0 aliphatic heterocycles. The van der Waals surface area contributed by atoms with Crippen LogP contribution in [0.15, 0.2) is 138 Å². The first-order valence-corrected chi connectivity index (χ1v) is 13.3. The first-order valence-electron chi connectivity index (χ1n) is 13.3. The smallest absolute Gasteiger partial charge is 0.145 e. The van der Waals surface area contributed by atoms with Gasteiger partial charge in [0.05, 0.1) is 16.6 Å². The number of benzene rings is 6. The summed E-state index contributed by atoms with van der Waals surface area (Å²) in [5.74, 6) is 0. The van der Waals surface area contributed by atoms with E-state index in [2.05, 4.69) is 143 Å². The van der Waals surface area contributed by atoms with Gasteiger partial charge < -0.3 is 13.6 Å². The standard InChI is InChI=1S/C36H22N2O/c1-2-9-25(10-3-1)38-32-13-7-5-11-27(32)28-17-14-24-15-18-29-30-22-26(37-21-20-23-8-4-6-12-31(23)37)16-19-33(30)39-36(29)34(24)35(28)38/h1-22H. The van der Waals surface area contributed by atoms with Crippen LogP contribution in [-0.4, -0.2) is 9.13 Å². The van der Waals surface area contributed by atoms with Crippen molar-refractivity contribution in [1.82, 2.24) is 9.13 Å². The molecule has 0 N–H and O–H groups in total. The lowest BCUT2D eigenvalue weighted by molar-refractivity contribution is 0.673. The molecule has 0 radical (unpaired) electrons. The van der Waals surface area contributed by atoms with Crippen molar-refractivity contribution in [2.24, 2.45) is 0 Å². The Morgan fingerprint density at radius 2 is 1.26 bits per heavy atom. The van der Waals surface area contributed by atoms with E-state index in [1.54, 1.807) is 0 Å². The second-order valence-corrected chi connectivity index (χ2v) is 10.2. The molecule has 0 bridgehead atoms. The summed E-state index contributed by atoms with van der Waals surface area (Å²) in [5, 5.41) is 8.29. The molecule has 0 fully saturated rings. The summed E-state index contributed by atoms with van der Waals surface area (Å²) in [6.07, 6.45) is 2.14. The maximum absolute atomic E-state index is 6.70. The van der Waals surface area contributed by atoms with Crippen LogP contribution in [0.5, 0.6) is 0 Å². The van der Waals surface area contributed by atoms with Crippen LogP contribution in [0.4, 0.5) is 0 Å². The minimum atomic E-state index is 0.900. The molecule has 3 heterocycles. The molecule has 0 amide bonds. The van der Waals surface area contributed by atoms with E-state index in [0.29, 0.717) is 0 Å². The highest BCUT2D eigenvalue weighted by atomic mass is 16.3. The van der Waals surface area contributed by atoms with Crippen LogP contribution in [-0.2, 0) is 0 Å². The van der Waals surface area contributed by atoms with Gasteiger partial charge in [-0.3, -0.25) is 0 Å². The Kier molecular flexibility index (Phi) is 4.05. The van der Waals surface area contributed by atoms with Crippen LogP contribution in [0, 0.1) is 0 Å². The van der Waals surface area contributed by atoms with Gasteiger partial charge in [0.25, 0.3) is 0 Å². The molecule has 0 saturated heterocycles. The molecular formula is C36H22N2O. The molecule has 182 valence electrons. The molecule has 0 spiro atoms. The minimum Gasteiger partial charge on any atom is -0.455 e. The largest absolute Gasteiger partial charge is 0.455 e. The Labute approximate surface area is 223 Å². The van der Waals surface area contributed by atoms with Crippen LogP contribution >= 0.6 is 0 Å². The SMILES string of the molecule is c1ccc(-n2c3ccccc3c3ccc4ccc5c6cc(-n7ccc8ccccc87)ccc6oc5c4c32)cc1. The molecule has 3 aromatic heterocycles. The zero-order chi connectivity index (χ0) is 25.5. The van der Waals surface area contributed by atoms with E-state index in [9.17, 15) is 0 Å². The van der Waals surface area contributed by atoms with E-state index in [1.807, 2.05) is 0 Å². The molecule has 3 nitrogen and oxygen atoms in total. The summed E-state index contributed by atoms with van der Waals surface area (Å²) in [5.41, 5.74) is 7.68. The molecule has 0 atom stereocenters. The zero-order valence-corrected chi connectivity index (χ0v) is 21.0. The van der Waals surface area contributed by atoms with Crippen molar-refractivity contribution in [2.45, 2.75) is 0 Å². The molecule has 0 saturated carbocycles. The van der Waals surface area contributed by atoms with Crippen LogP contribution in [0.2, 0.25) is 0 Å². The third kappa shape index (κ3) is 2.82. The van der Waals surface area contributed by atoms with Gasteiger partial charge in [-0.1, -0.05) is 72.8 Å². The fraction of sp³-hybridized carbons (Fsp3) is 0. The van der Waals surface area contributed by atoms with Gasteiger partial charge in [-0.2, -0.15) is 0 Å². The van der Waals surface area contributed by atoms with E-state index >= 15 is 0 Å². The molecule has 39 heavy (non-hydrogen) atoms. The van der Waals surface area contributed by atoms with Crippen molar-refractivity contribution >= 4 is 65.4 Å². The highest BCUT2D eigenvalue weighted by Gasteiger charge is 2.19. The van der Waals surface area contributed by atoms with Gasteiger partial charge in [-0.15, -0.1) is 0 Å². The third-order valence-corrected chi connectivity index (χ3v) is 8.13. The minimum absolute atomic E-state index is 0.900. The number of aromatic nitrogens is 2. The number of hydrogen-bond donors (Lipinski definition) is 0. The zero-order valence-electron chi connectivity index (χ0n) is 21.0. The number of para-hydroxylation sites is 3. The van der Waals surface area contributed by atoms with Crippen LogP contribution in [0.1, 0.15) is 0 Å². The number of furan rings is 1. The van der Waals surface area contributed by atoms with Crippen molar-refractivity contribution in [3.05, 3.63) is 134 Å². The summed E-state index contributed by atoms with van der Waals surface area (Å²) in [6, 6.07) is 45.4. The van der Waals surface area contributed by atoms with Crippen molar-refractivity contribution < 1.29 is 4.42 Å². The summed E-state index contributed by atoms with van der Waals surface area (Å²) in [4.78, 5) is 0. The fourth-order valence-corrected chi connectivity index (χ4v) is 6.38. The van der Waals surface area contributed by atoms with Gasteiger partial charge in [-0.05, 0) is 65.4 Å². The summed E-state index contributed by atoms with van der Waals surface area (Å²) in [7, 11) is 0. The Morgan fingerprint density at radius 1 is 0.487 bits per heavy atom. The maximum atomic E-state index is 6.70. The van der Waals surface area contributed by atoms with E-state index in [0.717, 1.165) is 38.7 Å². The van der Waals surface area contributed by atoms with Gasteiger partial charge in [0.15, 0.2) is 0 Å². The van der Waals surface area contributed by atoms with E-state index < -0.39 is 0 Å². The van der Waals surface area contributed by atoms with Crippen molar-refractivity contribution in [3.8, 4) is 11.4 Å². The van der Waals surface area contributed by atoms with Crippen LogP contribution < -0.4 is 0 Å². The highest BCUT2D eigenvalue weighted by Crippen LogP contribution is 2.42. The molecule has 3 heteroatoms. The first kappa shape index (κ1) is 20.7. The van der Waals surface area contributed by atoms with Crippen molar-refractivity contribution in [3.63, 3.8) is 0 Å². The topological polar surface area (TPSA) is 23.0 Å². The molecule has 6 aromatic carbocycles. The first-order chi connectivity index (χ1) is 19.3. The number of nitrogens with zero attached hydrogens (tertiary/aromatic N) is 2. The Morgan fingerprint density at radius 3 is 2.15 bits per heavy atom. The van der Waals surface area contributed by atoms with Crippen molar-refractivity contribution in [1.29, 1.82) is 0 Å². The Hall–Kier alpha value is -5.28. The van der Waals surface area contributed by atoms with Gasteiger partial charge in [0, 0.05) is 44.5 Å². The summed E-state index contributed by atoms with van der Waals surface area (Å²) in [6.45, 7) is 0. The quantitative estimate of drug-likeness (QED) is 0.233. The van der Waals surface area contributed by atoms with E-state index in [-0.39, 0.29) is 0 Å². The Bertz CT molecular complexity index is 2390. The molecule has 9 aromatic rings. The number of fused-ring (bicyclic) bond motifs is 10. The Balaban J connectivity index is 1.41. The monoisotopic (exact) mass is 498 g/mol. The van der Waals surface area contributed by atoms with Crippen LogP contribution in [0.25, 0.3) is 76.8 Å². The van der Waals surface area contributed by atoms with E-state index in [4.69, 9.17) is 4.42 Å². The summed E-state index contributed by atoms with van der Waals surface area (Å²) >= 11 is 0. The van der Waals surface area contributed by atoms with E-state index in [1.165, 1.54) is 38.1 Å². The van der Waals surface area contributed by atoms with Gasteiger partial charge >= 0.3 is 0 Å². The number of rotatable bonds is 2. The third-order valence-electron chi connectivity index (χ3n) is 8.13. The second kappa shape index (κ2) is 7.62. The fourth-order valence-electron chi connectivity index (χ4n) is 6.38. The average molecular weight is 499 g/mol. The van der Waals surface area contributed by atoms with Crippen molar-refractivity contribution in [2.75, 3.05) is 0 Å².